The molecular weight excluding hydrogens is 268 g/mol. The van der Waals surface area contributed by atoms with Crippen molar-refractivity contribution in [2.45, 2.75) is 10.6 Å². The lowest BCUT2D eigenvalue weighted by molar-refractivity contribution is 0.842. The number of aryl methyl sites for hydroxylation is 1. The zero-order chi connectivity index (χ0) is 13.9. The Bertz CT molecular complexity index is 796. The van der Waals surface area contributed by atoms with E-state index in [0.29, 0.717) is 5.39 Å². The van der Waals surface area contributed by atoms with E-state index in [1.807, 2.05) is 36.4 Å². The average Bonchev–Trinajstić information content (AvgIpc) is 2.50. The van der Waals surface area contributed by atoms with Crippen molar-refractivity contribution in [3.63, 3.8) is 0 Å². The molecule has 0 spiro atoms. The first-order valence-corrected chi connectivity index (χ1v) is 7.35. The fourth-order valence-electron chi connectivity index (χ4n) is 2.02. The van der Waals surface area contributed by atoms with Crippen LogP contribution < -0.4 is 5.56 Å². The second-order valence-electron chi connectivity index (χ2n) is 4.61. The second-order valence-corrected chi connectivity index (χ2v) is 5.66. The summed E-state index contributed by atoms with van der Waals surface area (Å²) in [5, 5.41) is 0.674. The van der Waals surface area contributed by atoms with Gasteiger partial charge < -0.3 is 4.57 Å². The highest BCUT2D eigenvalue weighted by atomic mass is 32.2. The summed E-state index contributed by atoms with van der Waals surface area (Å²) in [6, 6.07) is 16.2. The van der Waals surface area contributed by atoms with Gasteiger partial charge in [0.2, 0.25) is 0 Å². The number of fused-ring (bicyclic) bond motifs is 1. The van der Waals surface area contributed by atoms with E-state index in [2.05, 4.69) is 17.1 Å². The number of rotatable bonds is 3. The van der Waals surface area contributed by atoms with Gasteiger partial charge in [-0.1, -0.05) is 30.3 Å². The van der Waals surface area contributed by atoms with E-state index in [9.17, 15) is 4.79 Å². The van der Waals surface area contributed by atoms with Crippen LogP contribution in [0.4, 0.5) is 0 Å². The van der Waals surface area contributed by atoms with E-state index in [-0.39, 0.29) is 5.56 Å². The summed E-state index contributed by atoms with van der Waals surface area (Å²) in [5.41, 5.74) is 2.02. The molecule has 0 aliphatic heterocycles. The van der Waals surface area contributed by atoms with Crippen LogP contribution in [-0.4, -0.2) is 9.55 Å². The number of nitrogens with zero attached hydrogens (tertiary/aromatic N) is 2. The van der Waals surface area contributed by atoms with Crippen molar-refractivity contribution in [1.82, 2.24) is 9.55 Å². The summed E-state index contributed by atoms with van der Waals surface area (Å²) < 4.78 is 1.51. The first-order valence-electron chi connectivity index (χ1n) is 6.36. The van der Waals surface area contributed by atoms with Gasteiger partial charge in [0, 0.05) is 17.7 Å². The van der Waals surface area contributed by atoms with Crippen LogP contribution >= 0.6 is 11.8 Å². The first kappa shape index (κ1) is 12.9. The van der Waals surface area contributed by atoms with Gasteiger partial charge in [0.05, 0.1) is 17.2 Å². The highest BCUT2D eigenvalue weighted by Crippen LogP contribution is 2.24. The number of aromatic nitrogens is 2. The summed E-state index contributed by atoms with van der Waals surface area (Å²) in [4.78, 5) is 17.4. The molecule has 3 nitrogen and oxygen atoms in total. The molecular formula is C16H14N2OS. The van der Waals surface area contributed by atoms with Crippen molar-refractivity contribution in [1.29, 1.82) is 0 Å². The summed E-state index contributed by atoms with van der Waals surface area (Å²) in [7, 11) is 1.72. The maximum absolute atomic E-state index is 12.1. The molecule has 20 heavy (non-hydrogen) atoms. The van der Waals surface area contributed by atoms with Gasteiger partial charge in [-0.25, -0.2) is 4.98 Å². The van der Waals surface area contributed by atoms with Crippen molar-refractivity contribution >= 4 is 22.7 Å². The molecule has 0 aliphatic rings. The highest BCUT2D eigenvalue weighted by Gasteiger charge is 2.04. The molecule has 0 unspecified atom stereocenters. The third-order valence-electron chi connectivity index (χ3n) is 3.14. The number of hydrogen-bond donors (Lipinski definition) is 0. The monoisotopic (exact) mass is 282 g/mol. The molecule has 0 saturated heterocycles. The van der Waals surface area contributed by atoms with Crippen molar-refractivity contribution in [3.8, 4) is 0 Å². The predicted octanol–water partition coefficient (Wildman–Crippen LogP) is 3.23. The summed E-state index contributed by atoms with van der Waals surface area (Å²) in [5.74, 6) is 0.896. The molecule has 2 aromatic carbocycles. The predicted molar refractivity (Wildman–Crippen MR) is 83.0 cm³/mol. The Morgan fingerprint density at radius 3 is 2.75 bits per heavy atom. The quantitative estimate of drug-likeness (QED) is 0.692. The van der Waals surface area contributed by atoms with E-state index < -0.39 is 0 Å². The van der Waals surface area contributed by atoms with Crippen LogP contribution in [0.15, 0.2) is 64.5 Å². The Kier molecular flexibility index (Phi) is 3.56. The summed E-state index contributed by atoms with van der Waals surface area (Å²) >= 11 is 1.73. The average molecular weight is 282 g/mol. The maximum Gasteiger partial charge on any atom is 0.260 e. The molecule has 0 amide bonds. The van der Waals surface area contributed by atoms with Crippen LogP contribution in [0, 0.1) is 0 Å². The Morgan fingerprint density at radius 1 is 1.15 bits per heavy atom. The highest BCUT2D eigenvalue weighted by molar-refractivity contribution is 7.98. The van der Waals surface area contributed by atoms with Gasteiger partial charge in [-0.15, -0.1) is 11.8 Å². The number of benzene rings is 2. The molecule has 1 heterocycles. The molecule has 1 aromatic heterocycles. The Balaban J connectivity index is 1.89. The third kappa shape index (κ3) is 2.60. The minimum atomic E-state index is -0.00263. The first-order chi connectivity index (χ1) is 9.74. The molecule has 0 aliphatic carbocycles. The van der Waals surface area contributed by atoms with E-state index in [1.165, 1.54) is 10.1 Å². The normalized spacial score (nSPS) is 10.8. The zero-order valence-electron chi connectivity index (χ0n) is 11.1. The van der Waals surface area contributed by atoms with Crippen molar-refractivity contribution in [2.75, 3.05) is 0 Å². The van der Waals surface area contributed by atoms with Crippen LogP contribution in [0.2, 0.25) is 0 Å². The number of thioether (sulfide) groups is 1. The van der Waals surface area contributed by atoms with Crippen molar-refractivity contribution in [2.24, 2.45) is 7.05 Å². The molecule has 3 rings (SSSR count). The molecule has 3 aromatic rings. The molecule has 0 N–H and O–H groups in total. The molecule has 4 heteroatoms. The number of hydrogen-bond acceptors (Lipinski definition) is 3. The lowest BCUT2D eigenvalue weighted by Gasteiger charge is -2.04. The van der Waals surface area contributed by atoms with Crippen LogP contribution in [0.1, 0.15) is 5.56 Å². The van der Waals surface area contributed by atoms with Crippen molar-refractivity contribution < 1.29 is 0 Å². The third-order valence-corrected chi connectivity index (χ3v) is 4.20. The van der Waals surface area contributed by atoms with Gasteiger partial charge in [0.15, 0.2) is 0 Å². The second kappa shape index (κ2) is 5.51. The maximum atomic E-state index is 12.1. The van der Waals surface area contributed by atoms with E-state index in [0.717, 1.165) is 16.2 Å². The van der Waals surface area contributed by atoms with Gasteiger partial charge in [0.1, 0.15) is 0 Å². The fourth-order valence-corrected chi connectivity index (χ4v) is 2.91. The van der Waals surface area contributed by atoms with Gasteiger partial charge >= 0.3 is 0 Å². The van der Waals surface area contributed by atoms with Crippen LogP contribution in [0.25, 0.3) is 10.9 Å². The fraction of sp³-hybridized carbons (Fsp3) is 0.125. The minimum Gasteiger partial charge on any atom is -0.302 e. The SMILES string of the molecule is Cn1cnc2ccc(SCc3ccccc3)cc2c1=O. The van der Waals surface area contributed by atoms with Crippen LogP contribution in [0.3, 0.4) is 0 Å². The molecule has 0 saturated carbocycles. The molecule has 0 atom stereocenters. The molecule has 0 fully saturated rings. The van der Waals surface area contributed by atoms with Gasteiger partial charge in [-0.3, -0.25) is 4.79 Å². The van der Waals surface area contributed by atoms with Crippen molar-refractivity contribution in [3.05, 3.63) is 70.8 Å². The van der Waals surface area contributed by atoms with Crippen LogP contribution in [0.5, 0.6) is 0 Å². The summed E-state index contributed by atoms with van der Waals surface area (Å²) in [6.45, 7) is 0. The van der Waals surface area contributed by atoms with E-state index >= 15 is 0 Å². The molecule has 100 valence electrons. The van der Waals surface area contributed by atoms with E-state index in [1.54, 1.807) is 25.1 Å². The van der Waals surface area contributed by atoms with Gasteiger partial charge in [-0.2, -0.15) is 0 Å². The van der Waals surface area contributed by atoms with Gasteiger partial charge in [0.25, 0.3) is 5.56 Å². The summed E-state index contributed by atoms with van der Waals surface area (Å²) in [6.07, 6.45) is 1.56. The van der Waals surface area contributed by atoms with Crippen LogP contribution in [-0.2, 0) is 12.8 Å². The smallest absolute Gasteiger partial charge is 0.260 e. The Labute approximate surface area is 121 Å². The zero-order valence-corrected chi connectivity index (χ0v) is 11.9. The Hall–Kier alpha value is -2.07. The Morgan fingerprint density at radius 2 is 1.95 bits per heavy atom. The molecule has 0 bridgehead atoms. The lowest BCUT2D eigenvalue weighted by Crippen LogP contribution is -2.16. The largest absolute Gasteiger partial charge is 0.302 e. The lowest BCUT2D eigenvalue weighted by atomic mass is 10.2. The molecule has 0 radical (unpaired) electrons. The van der Waals surface area contributed by atoms with Gasteiger partial charge in [-0.05, 0) is 23.8 Å². The minimum absolute atomic E-state index is 0.00263. The topological polar surface area (TPSA) is 34.9 Å². The standard InChI is InChI=1S/C16H14N2OS/c1-18-11-17-15-8-7-13(9-14(15)16(18)19)20-10-12-5-3-2-4-6-12/h2-9,11H,10H2,1H3. The van der Waals surface area contributed by atoms with E-state index in [4.69, 9.17) is 0 Å².